The van der Waals surface area contributed by atoms with Gasteiger partial charge in [0.2, 0.25) is 0 Å². The van der Waals surface area contributed by atoms with Gasteiger partial charge in [-0.15, -0.1) is 11.3 Å². The van der Waals surface area contributed by atoms with E-state index in [0.29, 0.717) is 12.5 Å². The van der Waals surface area contributed by atoms with E-state index in [1.165, 1.54) is 22.7 Å². The zero-order chi connectivity index (χ0) is 17.4. The summed E-state index contributed by atoms with van der Waals surface area (Å²) in [5.41, 5.74) is 0. The van der Waals surface area contributed by atoms with Gasteiger partial charge in [0.05, 0.1) is 18.2 Å². The molecule has 1 aliphatic rings. The number of nitrogens with zero attached hydrogens (tertiary/aromatic N) is 3. The molecule has 1 fully saturated rings. The summed E-state index contributed by atoms with van der Waals surface area (Å²) in [4.78, 5) is 12.6. The van der Waals surface area contributed by atoms with E-state index in [1.54, 1.807) is 11.3 Å². The Labute approximate surface area is 150 Å². The van der Waals surface area contributed by atoms with E-state index in [-0.39, 0.29) is 0 Å². The lowest BCUT2D eigenvalue weighted by Crippen LogP contribution is -2.40. The number of rotatable bonds is 10. The second kappa shape index (κ2) is 9.99. The summed E-state index contributed by atoms with van der Waals surface area (Å²) < 4.78 is 5.73. The predicted molar refractivity (Wildman–Crippen MR) is 102 cm³/mol. The van der Waals surface area contributed by atoms with Crippen molar-refractivity contribution in [2.24, 2.45) is 16.8 Å². The van der Waals surface area contributed by atoms with Crippen LogP contribution in [0.5, 0.6) is 0 Å². The van der Waals surface area contributed by atoms with Crippen molar-refractivity contribution in [2.45, 2.75) is 46.6 Å². The van der Waals surface area contributed by atoms with Crippen molar-refractivity contribution in [1.82, 2.24) is 15.2 Å². The highest BCUT2D eigenvalue weighted by Gasteiger charge is 2.21. The first kappa shape index (κ1) is 19.2. The smallest absolute Gasteiger partial charge is 0.194 e. The minimum atomic E-state index is 0.645. The number of aliphatic imine (C=N–C) groups is 1. The number of likely N-dealkylation sites (N-methyl/N-ethyl adjacent to an activating group) is 1. The molecule has 1 aromatic heterocycles. The zero-order valence-corrected chi connectivity index (χ0v) is 16.4. The highest BCUT2D eigenvalue weighted by atomic mass is 32.1. The molecule has 0 aliphatic heterocycles. The van der Waals surface area contributed by atoms with Gasteiger partial charge in [-0.05, 0) is 31.6 Å². The summed E-state index contributed by atoms with van der Waals surface area (Å²) in [6.45, 7) is 10.6. The number of hydrogen-bond acceptors (Lipinski definition) is 4. The molecule has 0 spiro atoms. The van der Waals surface area contributed by atoms with Crippen molar-refractivity contribution in [3.8, 4) is 0 Å². The van der Waals surface area contributed by atoms with E-state index in [1.807, 2.05) is 6.20 Å². The van der Waals surface area contributed by atoms with Gasteiger partial charge in [-0.25, -0.2) is 9.98 Å². The van der Waals surface area contributed by atoms with Gasteiger partial charge in [-0.3, -0.25) is 0 Å². The molecule has 24 heavy (non-hydrogen) atoms. The van der Waals surface area contributed by atoms with Gasteiger partial charge < -0.3 is 15.0 Å². The summed E-state index contributed by atoms with van der Waals surface area (Å²) in [5.74, 6) is 2.40. The number of thiazole rings is 1. The molecule has 1 saturated carbocycles. The van der Waals surface area contributed by atoms with Crippen molar-refractivity contribution < 1.29 is 4.74 Å². The third kappa shape index (κ3) is 7.18. The molecule has 6 heteroatoms. The lowest BCUT2D eigenvalue weighted by molar-refractivity contribution is 0.115. The van der Waals surface area contributed by atoms with Crippen molar-refractivity contribution in [1.29, 1.82) is 0 Å². The van der Waals surface area contributed by atoms with E-state index in [9.17, 15) is 0 Å². The monoisotopic (exact) mass is 352 g/mol. The summed E-state index contributed by atoms with van der Waals surface area (Å²) in [7, 11) is 2.07. The van der Waals surface area contributed by atoms with Gasteiger partial charge in [-0.1, -0.05) is 13.8 Å². The minimum Gasteiger partial charge on any atom is -0.379 e. The molecule has 0 bridgehead atoms. The van der Waals surface area contributed by atoms with Gasteiger partial charge in [-0.2, -0.15) is 0 Å². The molecule has 1 aliphatic carbocycles. The molecular formula is C18H32N4OS. The Morgan fingerprint density at radius 3 is 2.96 bits per heavy atom. The second-order valence-electron chi connectivity index (χ2n) is 6.93. The average Bonchev–Trinajstić information content (AvgIpc) is 3.26. The SMILES string of the molecule is CCNC(=NCc1cnc(CC(C)C)s1)N(C)CCOCC1CC1. The van der Waals surface area contributed by atoms with Crippen LogP contribution in [0, 0.1) is 11.8 Å². The third-order valence-electron chi connectivity index (χ3n) is 3.89. The number of hydrogen-bond donors (Lipinski definition) is 1. The summed E-state index contributed by atoms with van der Waals surface area (Å²) in [6, 6.07) is 0. The maximum Gasteiger partial charge on any atom is 0.194 e. The summed E-state index contributed by atoms with van der Waals surface area (Å²) >= 11 is 1.78. The Kier molecular flexibility index (Phi) is 7.99. The van der Waals surface area contributed by atoms with Crippen LogP contribution in [-0.4, -0.2) is 49.2 Å². The van der Waals surface area contributed by atoms with E-state index in [4.69, 9.17) is 9.73 Å². The molecule has 0 amide bonds. The van der Waals surface area contributed by atoms with Crippen LogP contribution >= 0.6 is 11.3 Å². The van der Waals surface area contributed by atoms with Gasteiger partial charge in [0.25, 0.3) is 0 Å². The molecule has 0 radical (unpaired) electrons. The lowest BCUT2D eigenvalue weighted by Gasteiger charge is -2.21. The van der Waals surface area contributed by atoms with E-state index >= 15 is 0 Å². The van der Waals surface area contributed by atoms with Gasteiger partial charge >= 0.3 is 0 Å². The molecule has 1 N–H and O–H groups in total. The van der Waals surface area contributed by atoms with Gasteiger partial charge in [0.15, 0.2) is 5.96 Å². The summed E-state index contributed by atoms with van der Waals surface area (Å²) in [5, 5.41) is 4.57. The molecule has 1 heterocycles. The molecule has 5 nitrogen and oxygen atoms in total. The molecule has 0 atom stereocenters. The fraction of sp³-hybridized carbons (Fsp3) is 0.778. The van der Waals surface area contributed by atoms with E-state index < -0.39 is 0 Å². The second-order valence-corrected chi connectivity index (χ2v) is 8.13. The molecule has 136 valence electrons. The zero-order valence-electron chi connectivity index (χ0n) is 15.5. The number of nitrogens with one attached hydrogen (secondary N) is 1. The topological polar surface area (TPSA) is 49.8 Å². The van der Waals surface area contributed by atoms with Gasteiger partial charge in [0, 0.05) is 44.2 Å². The van der Waals surface area contributed by atoms with Crippen molar-refractivity contribution in [2.75, 3.05) is 33.4 Å². The minimum absolute atomic E-state index is 0.645. The van der Waals surface area contributed by atoms with Crippen molar-refractivity contribution >= 4 is 17.3 Å². The van der Waals surface area contributed by atoms with Crippen LogP contribution < -0.4 is 5.32 Å². The Morgan fingerprint density at radius 2 is 2.29 bits per heavy atom. The first-order valence-corrected chi connectivity index (χ1v) is 9.90. The van der Waals surface area contributed by atoms with Crippen LogP contribution in [0.15, 0.2) is 11.2 Å². The Bertz CT molecular complexity index is 511. The van der Waals surface area contributed by atoms with Crippen molar-refractivity contribution in [3.05, 3.63) is 16.1 Å². The Balaban J connectivity index is 1.80. The van der Waals surface area contributed by atoms with E-state index in [0.717, 1.165) is 44.6 Å². The number of aromatic nitrogens is 1. The maximum atomic E-state index is 5.73. The van der Waals surface area contributed by atoms with Crippen LogP contribution in [0.1, 0.15) is 43.5 Å². The summed E-state index contributed by atoms with van der Waals surface area (Å²) in [6.07, 6.45) is 5.70. The quantitative estimate of drug-likeness (QED) is 0.399. The fourth-order valence-electron chi connectivity index (χ4n) is 2.33. The Hall–Kier alpha value is -1.14. The fourth-order valence-corrected chi connectivity index (χ4v) is 3.39. The van der Waals surface area contributed by atoms with Crippen LogP contribution in [0.3, 0.4) is 0 Å². The first-order valence-electron chi connectivity index (χ1n) is 9.09. The van der Waals surface area contributed by atoms with E-state index in [2.05, 4.69) is 43.0 Å². The third-order valence-corrected chi connectivity index (χ3v) is 4.89. The lowest BCUT2D eigenvalue weighted by atomic mass is 10.1. The predicted octanol–water partition coefficient (Wildman–Crippen LogP) is 3.17. The molecular weight excluding hydrogens is 320 g/mol. The standard InChI is InChI=1S/C18H32N4OS/c1-5-19-18(22(4)8-9-23-13-15-6-7-15)21-12-16-11-20-17(24-16)10-14(2)3/h11,14-15H,5-10,12-13H2,1-4H3,(H,19,21). The largest absolute Gasteiger partial charge is 0.379 e. The van der Waals surface area contributed by atoms with Crippen LogP contribution in [0.4, 0.5) is 0 Å². The Morgan fingerprint density at radius 1 is 1.50 bits per heavy atom. The van der Waals surface area contributed by atoms with Gasteiger partial charge in [0.1, 0.15) is 0 Å². The van der Waals surface area contributed by atoms with Crippen LogP contribution in [0.2, 0.25) is 0 Å². The number of guanidine groups is 1. The molecule has 0 unspecified atom stereocenters. The average molecular weight is 353 g/mol. The number of ether oxygens (including phenoxy) is 1. The molecule has 0 saturated heterocycles. The molecule has 0 aromatic carbocycles. The molecule has 1 aromatic rings. The highest BCUT2D eigenvalue weighted by Crippen LogP contribution is 2.28. The highest BCUT2D eigenvalue weighted by molar-refractivity contribution is 7.11. The maximum absolute atomic E-state index is 5.73. The normalized spacial score (nSPS) is 15.1. The van der Waals surface area contributed by atoms with Crippen LogP contribution in [0.25, 0.3) is 0 Å². The molecule has 2 rings (SSSR count). The van der Waals surface area contributed by atoms with Crippen molar-refractivity contribution in [3.63, 3.8) is 0 Å². The first-order chi connectivity index (χ1) is 11.6. The van der Waals surface area contributed by atoms with Crippen LogP contribution in [-0.2, 0) is 17.7 Å².